The molecule has 0 bridgehead atoms. The molecule has 3 rings (SSSR count). The molecule has 0 saturated carbocycles. The number of halogens is 1. The van der Waals surface area contributed by atoms with Gasteiger partial charge < -0.3 is 15.1 Å². The van der Waals surface area contributed by atoms with E-state index in [-0.39, 0.29) is 24.0 Å². The molecule has 0 aliphatic carbocycles. The van der Waals surface area contributed by atoms with E-state index in [2.05, 4.69) is 60.6 Å². The number of nitrogens with zero attached hydrogens (tertiary/aromatic N) is 6. The van der Waals surface area contributed by atoms with Gasteiger partial charge in [-0.05, 0) is 12.0 Å². The minimum atomic E-state index is 0. The van der Waals surface area contributed by atoms with Gasteiger partial charge in [0.15, 0.2) is 5.96 Å². The molecule has 0 spiro atoms. The lowest BCUT2D eigenvalue weighted by Gasteiger charge is -2.37. The molecule has 2 saturated heterocycles. The zero-order valence-electron chi connectivity index (χ0n) is 17.3. The Bertz CT molecular complexity index is 593. The van der Waals surface area contributed by atoms with Crippen LogP contribution in [0.5, 0.6) is 0 Å². The molecule has 158 valence electrons. The van der Waals surface area contributed by atoms with Crippen LogP contribution in [-0.2, 0) is 0 Å². The third kappa shape index (κ3) is 6.62. The van der Waals surface area contributed by atoms with Crippen molar-refractivity contribution in [1.29, 1.82) is 0 Å². The highest BCUT2D eigenvalue weighted by Crippen LogP contribution is 2.24. The Labute approximate surface area is 190 Å². The Kier molecular flexibility index (Phi) is 10.1. The van der Waals surface area contributed by atoms with E-state index < -0.39 is 0 Å². The topological polar surface area (TPSA) is 59.9 Å². The van der Waals surface area contributed by atoms with Crippen LogP contribution < -0.4 is 10.2 Å². The van der Waals surface area contributed by atoms with Crippen molar-refractivity contribution < 1.29 is 0 Å². The molecule has 1 N–H and O–H groups in total. The molecule has 28 heavy (non-hydrogen) atoms. The van der Waals surface area contributed by atoms with E-state index in [0.29, 0.717) is 11.2 Å². The average molecular weight is 520 g/mol. The fraction of sp³-hybridized carbons (Fsp3) is 0.737. The summed E-state index contributed by atoms with van der Waals surface area (Å²) in [5.41, 5.74) is 0. The molecule has 0 radical (unpaired) electrons. The predicted molar refractivity (Wildman–Crippen MR) is 130 cm³/mol. The fourth-order valence-corrected chi connectivity index (χ4v) is 4.85. The van der Waals surface area contributed by atoms with Crippen LogP contribution in [0.4, 0.5) is 5.95 Å². The summed E-state index contributed by atoms with van der Waals surface area (Å²) in [5.74, 6) is 3.80. The van der Waals surface area contributed by atoms with Gasteiger partial charge in [0.25, 0.3) is 0 Å². The smallest absolute Gasteiger partial charge is 0.225 e. The van der Waals surface area contributed by atoms with Gasteiger partial charge in [0.05, 0.1) is 0 Å². The average Bonchev–Trinajstić information content (AvgIpc) is 2.72. The molecule has 1 aromatic rings. The van der Waals surface area contributed by atoms with E-state index >= 15 is 0 Å². The summed E-state index contributed by atoms with van der Waals surface area (Å²) in [4.78, 5) is 20.4. The molecule has 1 atom stereocenters. The van der Waals surface area contributed by atoms with Gasteiger partial charge in [-0.15, -0.1) is 24.0 Å². The van der Waals surface area contributed by atoms with E-state index in [0.717, 1.165) is 64.3 Å². The van der Waals surface area contributed by atoms with Crippen LogP contribution in [0.15, 0.2) is 23.5 Å². The first-order valence-electron chi connectivity index (χ1n) is 9.99. The SMILES string of the molecule is CN=C(NCCN1CCN(c2ncccn2)CC1)N1CCSC(C(C)C)C1.I. The van der Waals surface area contributed by atoms with Crippen LogP contribution in [0.1, 0.15) is 13.8 Å². The normalized spacial score (nSPS) is 21.6. The Morgan fingerprint density at radius 2 is 1.93 bits per heavy atom. The van der Waals surface area contributed by atoms with Gasteiger partial charge >= 0.3 is 0 Å². The number of piperazine rings is 1. The summed E-state index contributed by atoms with van der Waals surface area (Å²) in [7, 11) is 1.90. The van der Waals surface area contributed by atoms with Crippen molar-refractivity contribution in [3.05, 3.63) is 18.5 Å². The number of hydrogen-bond acceptors (Lipinski definition) is 6. The predicted octanol–water partition coefficient (Wildman–Crippen LogP) is 1.87. The van der Waals surface area contributed by atoms with Crippen LogP contribution in [0, 0.1) is 5.92 Å². The highest BCUT2D eigenvalue weighted by molar-refractivity contribution is 14.0. The first kappa shape index (κ1) is 23.5. The van der Waals surface area contributed by atoms with E-state index in [1.54, 1.807) is 0 Å². The summed E-state index contributed by atoms with van der Waals surface area (Å²) < 4.78 is 0. The minimum absolute atomic E-state index is 0. The zero-order chi connectivity index (χ0) is 19.1. The lowest BCUT2D eigenvalue weighted by Crippen LogP contribution is -2.52. The Hall–Kier alpha value is -0.810. The summed E-state index contributed by atoms with van der Waals surface area (Å²) in [6.07, 6.45) is 3.63. The van der Waals surface area contributed by atoms with Crippen LogP contribution in [-0.4, -0.2) is 96.1 Å². The number of thioether (sulfide) groups is 1. The number of anilines is 1. The second kappa shape index (κ2) is 12.0. The van der Waals surface area contributed by atoms with Gasteiger partial charge in [-0.25, -0.2) is 9.97 Å². The van der Waals surface area contributed by atoms with Crippen molar-refractivity contribution >= 4 is 47.6 Å². The van der Waals surface area contributed by atoms with Gasteiger partial charge in [0.1, 0.15) is 0 Å². The van der Waals surface area contributed by atoms with Crippen molar-refractivity contribution in [2.45, 2.75) is 19.1 Å². The molecule has 0 amide bonds. The van der Waals surface area contributed by atoms with E-state index in [1.807, 2.05) is 25.5 Å². The van der Waals surface area contributed by atoms with Gasteiger partial charge in [-0.1, -0.05) is 13.8 Å². The maximum Gasteiger partial charge on any atom is 0.225 e. The third-order valence-corrected chi connectivity index (χ3v) is 6.81. The lowest BCUT2D eigenvalue weighted by molar-refractivity contribution is 0.259. The van der Waals surface area contributed by atoms with Crippen molar-refractivity contribution in [1.82, 2.24) is 25.1 Å². The molecule has 2 aliphatic rings. The molecule has 2 fully saturated rings. The van der Waals surface area contributed by atoms with Gasteiger partial charge in [-0.2, -0.15) is 11.8 Å². The van der Waals surface area contributed by atoms with Crippen molar-refractivity contribution in [3.63, 3.8) is 0 Å². The van der Waals surface area contributed by atoms with Crippen LogP contribution >= 0.6 is 35.7 Å². The zero-order valence-corrected chi connectivity index (χ0v) is 20.4. The third-order valence-electron chi connectivity index (χ3n) is 5.27. The first-order valence-corrected chi connectivity index (χ1v) is 11.0. The Morgan fingerprint density at radius 1 is 1.21 bits per heavy atom. The molecule has 3 heterocycles. The monoisotopic (exact) mass is 519 g/mol. The molecule has 1 unspecified atom stereocenters. The molecule has 2 aliphatic heterocycles. The number of nitrogens with one attached hydrogen (secondary N) is 1. The van der Waals surface area contributed by atoms with Crippen LogP contribution in [0.2, 0.25) is 0 Å². The molecule has 0 aromatic carbocycles. The maximum absolute atomic E-state index is 4.52. The summed E-state index contributed by atoms with van der Waals surface area (Å²) >= 11 is 2.10. The molecular formula is C19H34IN7S. The second-order valence-electron chi connectivity index (χ2n) is 7.45. The largest absolute Gasteiger partial charge is 0.355 e. The van der Waals surface area contributed by atoms with Gasteiger partial charge in [0, 0.05) is 82.8 Å². The van der Waals surface area contributed by atoms with E-state index in [4.69, 9.17) is 0 Å². The van der Waals surface area contributed by atoms with Crippen LogP contribution in [0.25, 0.3) is 0 Å². The Morgan fingerprint density at radius 3 is 2.57 bits per heavy atom. The number of aliphatic imine (C=N–C) groups is 1. The number of guanidine groups is 1. The lowest BCUT2D eigenvalue weighted by atomic mass is 10.1. The molecular weight excluding hydrogens is 485 g/mol. The van der Waals surface area contributed by atoms with Crippen molar-refractivity contribution in [3.8, 4) is 0 Å². The highest BCUT2D eigenvalue weighted by atomic mass is 127. The van der Waals surface area contributed by atoms with E-state index in [9.17, 15) is 0 Å². The van der Waals surface area contributed by atoms with Gasteiger partial charge in [0.2, 0.25) is 5.95 Å². The fourth-order valence-electron chi connectivity index (χ4n) is 3.56. The van der Waals surface area contributed by atoms with E-state index in [1.165, 1.54) is 5.75 Å². The summed E-state index contributed by atoms with van der Waals surface area (Å²) in [5, 5.41) is 4.28. The molecule has 9 heteroatoms. The number of hydrogen-bond donors (Lipinski definition) is 1. The van der Waals surface area contributed by atoms with Crippen molar-refractivity contribution in [2.24, 2.45) is 10.9 Å². The quantitative estimate of drug-likeness (QED) is 0.362. The molecule has 1 aromatic heterocycles. The Balaban J connectivity index is 0.00000280. The minimum Gasteiger partial charge on any atom is -0.355 e. The summed E-state index contributed by atoms with van der Waals surface area (Å²) in [6.45, 7) is 12.9. The highest BCUT2D eigenvalue weighted by Gasteiger charge is 2.25. The van der Waals surface area contributed by atoms with Crippen LogP contribution in [0.3, 0.4) is 0 Å². The standard InChI is InChI=1S/C19H33N7S.HI/c1-16(2)17-15-26(13-14-27-17)18(20-3)23-7-8-24-9-11-25(12-10-24)19-21-5-4-6-22-19;/h4-6,16-17H,7-15H2,1-3H3,(H,20,23);1H. The maximum atomic E-state index is 4.52. The first-order chi connectivity index (χ1) is 13.2. The number of aromatic nitrogens is 2. The summed E-state index contributed by atoms with van der Waals surface area (Å²) in [6, 6.07) is 1.86. The van der Waals surface area contributed by atoms with Gasteiger partial charge in [-0.3, -0.25) is 9.89 Å². The second-order valence-corrected chi connectivity index (χ2v) is 8.80. The molecule has 7 nitrogen and oxygen atoms in total. The van der Waals surface area contributed by atoms with Crippen molar-refractivity contribution in [2.75, 3.05) is 70.1 Å². The number of rotatable bonds is 5.